The predicted molar refractivity (Wildman–Crippen MR) is 58.7 cm³/mol. The fourth-order valence-electron chi connectivity index (χ4n) is 2.23. The quantitative estimate of drug-likeness (QED) is 0.811. The van der Waals surface area contributed by atoms with Crippen LogP contribution in [0.25, 0.3) is 0 Å². The molecule has 2 unspecified atom stereocenters. The second-order valence-electron chi connectivity index (χ2n) is 4.19. The number of aromatic nitrogens is 2. The first kappa shape index (κ1) is 10.6. The van der Waals surface area contributed by atoms with Crippen LogP contribution in [-0.2, 0) is 11.2 Å². The zero-order chi connectivity index (χ0) is 10.7. The van der Waals surface area contributed by atoms with Gasteiger partial charge in [0.1, 0.15) is 0 Å². The molecule has 0 aromatic carbocycles. The van der Waals surface area contributed by atoms with Crippen molar-refractivity contribution in [1.82, 2.24) is 9.55 Å². The molecule has 1 aromatic heterocycles. The van der Waals surface area contributed by atoms with Gasteiger partial charge in [0.15, 0.2) is 0 Å². The monoisotopic (exact) mass is 209 g/mol. The Morgan fingerprint density at radius 1 is 1.67 bits per heavy atom. The van der Waals surface area contributed by atoms with Gasteiger partial charge in [0.25, 0.3) is 0 Å². The van der Waals surface area contributed by atoms with E-state index in [0.717, 1.165) is 25.9 Å². The summed E-state index contributed by atoms with van der Waals surface area (Å²) >= 11 is 0. The molecule has 1 aromatic rings. The Kier molecular flexibility index (Phi) is 3.38. The van der Waals surface area contributed by atoms with Crippen LogP contribution in [0.15, 0.2) is 12.5 Å². The largest absolute Gasteiger partial charge is 0.378 e. The van der Waals surface area contributed by atoms with Crippen molar-refractivity contribution in [3.63, 3.8) is 0 Å². The molecule has 1 aliphatic heterocycles. The first-order valence-corrected chi connectivity index (χ1v) is 5.63. The van der Waals surface area contributed by atoms with Crippen LogP contribution < -0.4 is 5.73 Å². The van der Waals surface area contributed by atoms with Crippen LogP contribution in [0.5, 0.6) is 0 Å². The predicted octanol–water partition coefficient (Wildman–Crippen LogP) is 1.12. The molecule has 0 amide bonds. The summed E-state index contributed by atoms with van der Waals surface area (Å²) in [7, 11) is 0. The fourth-order valence-corrected chi connectivity index (χ4v) is 2.23. The molecule has 4 nitrogen and oxygen atoms in total. The molecular formula is C11H19N3O. The lowest BCUT2D eigenvalue weighted by molar-refractivity contribution is 0.00548. The SMILES string of the molecule is CC1CC(n2cncc2CCN)CCO1. The molecule has 0 saturated carbocycles. The van der Waals surface area contributed by atoms with Crippen molar-refractivity contribution >= 4 is 0 Å². The average Bonchev–Trinajstić information content (AvgIpc) is 2.66. The van der Waals surface area contributed by atoms with E-state index in [1.165, 1.54) is 5.69 Å². The molecular weight excluding hydrogens is 190 g/mol. The summed E-state index contributed by atoms with van der Waals surface area (Å²) in [4.78, 5) is 4.21. The van der Waals surface area contributed by atoms with Crippen molar-refractivity contribution < 1.29 is 4.74 Å². The van der Waals surface area contributed by atoms with Crippen molar-refractivity contribution in [2.75, 3.05) is 13.2 Å². The van der Waals surface area contributed by atoms with Crippen molar-refractivity contribution in [1.29, 1.82) is 0 Å². The maximum Gasteiger partial charge on any atom is 0.0950 e. The van der Waals surface area contributed by atoms with E-state index in [9.17, 15) is 0 Å². The maximum atomic E-state index is 5.58. The van der Waals surface area contributed by atoms with E-state index in [1.807, 2.05) is 12.5 Å². The van der Waals surface area contributed by atoms with E-state index >= 15 is 0 Å². The van der Waals surface area contributed by atoms with Crippen LogP contribution in [-0.4, -0.2) is 28.8 Å². The third kappa shape index (κ3) is 2.38. The first-order chi connectivity index (χ1) is 7.31. The van der Waals surface area contributed by atoms with Crippen LogP contribution >= 0.6 is 0 Å². The van der Waals surface area contributed by atoms with Gasteiger partial charge in [-0.05, 0) is 26.3 Å². The fraction of sp³-hybridized carbons (Fsp3) is 0.727. The van der Waals surface area contributed by atoms with Gasteiger partial charge in [-0.15, -0.1) is 0 Å². The lowest BCUT2D eigenvalue weighted by Gasteiger charge is -2.29. The second kappa shape index (κ2) is 4.77. The Bertz CT molecular complexity index is 311. The number of imidazole rings is 1. The highest BCUT2D eigenvalue weighted by Crippen LogP contribution is 2.25. The number of rotatable bonds is 3. The molecule has 2 rings (SSSR count). The standard InChI is InChI=1S/C11H19N3O/c1-9-6-10(3-5-15-9)14-8-13-7-11(14)2-4-12/h7-10H,2-6,12H2,1H3. The summed E-state index contributed by atoms with van der Waals surface area (Å²) in [5.74, 6) is 0. The van der Waals surface area contributed by atoms with Crippen LogP contribution in [0, 0.1) is 0 Å². The number of hydrogen-bond acceptors (Lipinski definition) is 3. The van der Waals surface area contributed by atoms with E-state index in [4.69, 9.17) is 10.5 Å². The molecule has 0 radical (unpaired) electrons. The van der Waals surface area contributed by atoms with Gasteiger partial charge in [0.05, 0.1) is 12.4 Å². The minimum absolute atomic E-state index is 0.358. The minimum Gasteiger partial charge on any atom is -0.378 e. The third-order valence-corrected chi connectivity index (χ3v) is 3.00. The maximum absolute atomic E-state index is 5.58. The van der Waals surface area contributed by atoms with Crippen LogP contribution in [0.1, 0.15) is 31.5 Å². The summed E-state index contributed by atoms with van der Waals surface area (Å²) in [5, 5.41) is 0. The highest BCUT2D eigenvalue weighted by Gasteiger charge is 2.21. The molecule has 2 N–H and O–H groups in total. The molecule has 15 heavy (non-hydrogen) atoms. The smallest absolute Gasteiger partial charge is 0.0950 e. The van der Waals surface area contributed by atoms with Crippen LogP contribution in [0.4, 0.5) is 0 Å². The highest BCUT2D eigenvalue weighted by atomic mass is 16.5. The van der Waals surface area contributed by atoms with E-state index in [2.05, 4.69) is 16.5 Å². The van der Waals surface area contributed by atoms with Crippen molar-refractivity contribution in [2.24, 2.45) is 5.73 Å². The lowest BCUT2D eigenvalue weighted by Crippen LogP contribution is -2.26. The highest BCUT2D eigenvalue weighted by molar-refractivity contribution is 5.01. The van der Waals surface area contributed by atoms with Gasteiger partial charge in [-0.1, -0.05) is 0 Å². The first-order valence-electron chi connectivity index (χ1n) is 5.63. The van der Waals surface area contributed by atoms with Crippen molar-refractivity contribution in [3.8, 4) is 0 Å². The van der Waals surface area contributed by atoms with Gasteiger partial charge in [0, 0.05) is 31.0 Å². The Morgan fingerprint density at radius 3 is 3.27 bits per heavy atom. The number of ether oxygens (including phenoxy) is 1. The third-order valence-electron chi connectivity index (χ3n) is 3.00. The number of nitrogens with zero attached hydrogens (tertiary/aromatic N) is 2. The van der Waals surface area contributed by atoms with Gasteiger partial charge in [-0.2, -0.15) is 0 Å². The topological polar surface area (TPSA) is 53.1 Å². The number of nitrogens with two attached hydrogens (primary N) is 1. The summed E-state index contributed by atoms with van der Waals surface area (Å²) in [6.45, 7) is 3.67. The summed E-state index contributed by atoms with van der Waals surface area (Å²) in [6, 6.07) is 0.540. The van der Waals surface area contributed by atoms with E-state index in [0.29, 0.717) is 18.7 Å². The van der Waals surface area contributed by atoms with E-state index < -0.39 is 0 Å². The molecule has 1 fully saturated rings. The normalized spacial score (nSPS) is 26.8. The number of hydrogen-bond donors (Lipinski definition) is 1. The van der Waals surface area contributed by atoms with E-state index in [-0.39, 0.29) is 0 Å². The Labute approximate surface area is 90.4 Å². The Morgan fingerprint density at radius 2 is 2.53 bits per heavy atom. The minimum atomic E-state index is 0.358. The second-order valence-corrected chi connectivity index (χ2v) is 4.19. The molecule has 1 aliphatic rings. The van der Waals surface area contributed by atoms with Gasteiger partial charge in [-0.3, -0.25) is 0 Å². The zero-order valence-corrected chi connectivity index (χ0v) is 9.22. The molecule has 84 valence electrons. The summed E-state index contributed by atoms with van der Waals surface area (Å²) < 4.78 is 7.82. The molecule has 2 atom stereocenters. The van der Waals surface area contributed by atoms with Crippen molar-refractivity contribution in [2.45, 2.75) is 38.3 Å². The van der Waals surface area contributed by atoms with Crippen LogP contribution in [0.3, 0.4) is 0 Å². The summed E-state index contributed by atoms with van der Waals surface area (Å²) in [5.41, 5.74) is 6.83. The van der Waals surface area contributed by atoms with E-state index in [1.54, 1.807) is 0 Å². The molecule has 4 heteroatoms. The van der Waals surface area contributed by atoms with Gasteiger partial charge >= 0.3 is 0 Å². The van der Waals surface area contributed by atoms with Gasteiger partial charge in [0.2, 0.25) is 0 Å². The van der Waals surface area contributed by atoms with Gasteiger partial charge < -0.3 is 15.0 Å². The molecule has 0 bridgehead atoms. The Hall–Kier alpha value is -0.870. The lowest BCUT2D eigenvalue weighted by atomic mass is 10.0. The molecule has 1 saturated heterocycles. The zero-order valence-electron chi connectivity index (χ0n) is 9.22. The van der Waals surface area contributed by atoms with Crippen molar-refractivity contribution in [3.05, 3.63) is 18.2 Å². The molecule has 0 aliphatic carbocycles. The molecule has 2 heterocycles. The summed E-state index contributed by atoms with van der Waals surface area (Å²) in [6.07, 6.45) is 7.27. The molecule has 0 spiro atoms. The van der Waals surface area contributed by atoms with Crippen LogP contribution in [0.2, 0.25) is 0 Å². The Balaban J connectivity index is 2.10. The average molecular weight is 209 g/mol. The van der Waals surface area contributed by atoms with Gasteiger partial charge in [-0.25, -0.2) is 4.98 Å².